The van der Waals surface area contributed by atoms with Gasteiger partial charge in [-0.25, -0.2) is 14.4 Å². The maximum Gasteiger partial charge on any atom is 0.222 e. The molecule has 0 N–H and O–H groups in total. The van der Waals surface area contributed by atoms with E-state index in [1.807, 2.05) is 0 Å². The molecular formula is C11H8ClFN2. The summed E-state index contributed by atoms with van der Waals surface area (Å²) in [5.74, 6) is -0.230. The van der Waals surface area contributed by atoms with Gasteiger partial charge >= 0.3 is 0 Å². The quantitative estimate of drug-likeness (QED) is 0.731. The van der Waals surface area contributed by atoms with Crippen LogP contribution in [-0.4, -0.2) is 9.97 Å². The summed E-state index contributed by atoms with van der Waals surface area (Å²) in [6.45, 7) is 0. The Morgan fingerprint density at radius 2 is 1.60 bits per heavy atom. The summed E-state index contributed by atoms with van der Waals surface area (Å²) in [5, 5.41) is 0.234. The molecule has 0 saturated heterocycles. The molecule has 1 aromatic heterocycles. The first-order valence-electron chi connectivity index (χ1n) is 4.45. The summed E-state index contributed by atoms with van der Waals surface area (Å²) in [5.41, 5.74) is 1.97. The van der Waals surface area contributed by atoms with E-state index in [2.05, 4.69) is 9.97 Å². The fourth-order valence-corrected chi connectivity index (χ4v) is 1.37. The van der Waals surface area contributed by atoms with Crippen LogP contribution in [0.2, 0.25) is 5.28 Å². The van der Waals surface area contributed by atoms with Crippen molar-refractivity contribution in [3.8, 4) is 0 Å². The maximum absolute atomic E-state index is 12.6. The van der Waals surface area contributed by atoms with Crippen molar-refractivity contribution >= 4 is 11.6 Å². The highest BCUT2D eigenvalue weighted by Gasteiger charge is 1.98. The van der Waals surface area contributed by atoms with Crippen molar-refractivity contribution in [2.75, 3.05) is 0 Å². The average Bonchev–Trinajstić information content (AvgIpc) is 2.25. The van der Waals surface area contributed by atoms with Gasteiger partial charge in [-0.1, -0.05) is 12.1 Å². The lowest BCUT2D eigenvalue weighted by atomic mass is 10.1. The predicted octanol–water partition coefficient (Wildman–Crippen LogP) is 2.86. The molecule has 0 amide bonds. The zero-order valence-corrected chi connectivity index (χ0v) is 8.58. The molecule has 0 radical (unpaired) electrons. The molecule has 0 aliphatic rings. The third kappa shape index (κ3) is 2.73. The first-order valence-corrected chi connectivity index (χ1v) is 4.83. The van der Waals surface area contributed by atoms with Crippen molar-refractivity contribution in [1.29, 1.82) is 0 Å². The molecule has 15 heavy (non-hydrogen) atoms. The van der Waals surface area contributed by atoms with E-state index >= 15 is 0 Å². The number of hydrogen-bond donors (Lipinski definition) is 0. The van der Waals surface area contributed by atoms with Gasteiger partial charge in [0.2, 0.25) is 5.28 Å². The lowest BCUT2D eigenvalue weighted by Crippen LogP contribution is -1.91. The fraction of sp³-hybridized carbons (Fsp3) is 0.0909. The number of benzene rings is 1. The van der Waals surface area contributed by atoms with E-state index in [1.54, 1.807) is 24.5 Å². The van der Waals surface area contributed by atoms with Crippen LogP contribution >= 0.6 is 11.6 Å². The third-order valence-electron chi connectivity index (χ3n) is 2.00. The molecule has 0 aliphatic heterocycles. The maximum atomic E-state index is 12.6. The van der Waals surface area contributed by atoms with Crippen LogP contribution < -0.4 is 0 Å². The Hall–Kier alpha value is -1.48. The number of aromatic nitrogens is 2. The second-order valence-electron chi connectivity index (χ2n) is 3.16. The molecule has 1 heterocycles. The van der Waals surface area contributed by atoms with Gasteiger partial charge in [0.05, 0.1) is 0 Å². The largest absolute Gasteiger partial charge is 0.226 e. The number of nitrogens with zero attached hydrogens (tertiary/aromatic N) is 2. The van der Waals surface area contributed by atoms with Crippen molar-refractivity contribution in [3.63, 3.8) is 0 Å². The molecule has 76 valence electrons. The van der Waals surface area contributed by atoms with Crippen molar-refractivity contribution in [2.24, 2.45) is 0 Å². The molecular weight excluding hydrogens is 215 g/mol. The van der Waals surface area contributed by atoms with Crippen LogP contribution in [0.4, 0.5) is 4.39 Å². The van der Waals surface area contributed by atoms with Crippen LogP contribution in [0.25, 0.3) is 0 Å². The van der Waals surface area contributed by atoms with E-state index in [0.717, 1.165) is 11.1 Å². The molecule has 0 bridgehead atoms. The standard InChI is InChI=1S/C11H8ClFN2/c12-11-14-6-9(7-15-11)5-8-1-3-10(13)4-2-8/h1-4,6-7H,5H2. The summed E-state index contributed by atoms with van der Waals surface area (Å²) >= 11 is 5.56. The smallest absolute Gasteiger partial charge is 0.222 e. The molecule has 2 rings (SSSR count). The van der Waals surface area contributed by atoms with Crippen molar-refractivity contribution < 1.29 is 4.39 Å². The Morgan fingerprint density at radius 1 is 1.00 bits per heavy atom. The van der Waals surface area contributed by atoms with E-state index in [1.165, 1.54) is 12.1 Å². The number of hydrogen-bond acceptors (Lipinski definition) is 2. The SMILES string of the molecule is Fc1ccc(Cc2cnc(Cl)nc2)cc1. The highest BCUT2D eigenvalue weighted by atomic mass is 35.5. The van der Waals surface area contributed by atoms with Crippen LogP contribution in [0.3, 0.4) is 0 Å². The highest BCUT2D eigenvalue weighted by molar-refractivity contribution is 6.28. The summed E-state index contributed by atoms with van der Waals surface area (Å²) in [6, 6.07) is 6.35. The normalized spacial score (nSPS) is 10.3. The van der Waals surface area contributed by atoms with Crippen LogP contribution in [0.15, 0.2) is 36.7 Å². The zero-order valence-electron chi connectivity index (χ0n) is 7.82. The number of halogens is 2. The Kier molecular flexibility index (Phi) is 2.92. The minimum absolute atomic E-state index is 0.230. The van der Waals surface area contributed by atoms with Gasteiger partial charge in [-0.3, -0.25) is 0 Å². The second kappa shape index (κ2) is 4.36. The molecule has 0 fully saturated rings. The topological polar surface area (TPSA) is 25.8 Å². The van der Waals surface area contributed by atoms with Gasteiger partial charge in [-0.2, -0.15) is 0 Å². The molecule has 2 nitrogen and oxygen atoms in total. The molecule has 4 heteroatoms. The van der Waals surface area contributed by atoms with Crippen molar-refractivity contribution in [3.05, 3.63) is 58.9 Å². The zero-order chi connectivity index (χ0) is 10.7. The van der Waals surface area contributed by atoms with Crippen LogP contribution in [0.1, 0.15) is 11.1 Å². The minimum atomic E-state index is -0.230. The second-order valence-corrected chi connectivity index (χ2v) is 3.50. The van der Waals surface area contributed by atoms with Gasteiger partial charge in [0.1, 0.15) is 5.82 Å². The lowest BCUT2D eigenvalue weighted by Gasteiger charge is -2.00. The van der Waals surface area contributed by atoms with E-state index in [9.17, 15) is 4.39 Å². The van der Waals surface area contributed by atoms with E-state index in [0.29, 0.717) is 6.42 Å². The van der Waals surface area contributed by atoms with Crippen LogP contribution in [0.5, 0.6) is 0 Å². The molecule has 0 unspecified atom stereocenters. The summed E-state index contributed by atoms with van der Waals surface area (Å²) in [4.78, 5) is 7.75. The minimum Gasteiger partial charge on any atom is -0.226 e. The molecule has 0 aliphatic carbocycles. The molecule has 2 aromatic rings. The van der Waals surface area contributed by atoms with Crippen molar-refractivity contribution in [1.82, 2.24) is 9.97 Å². The molecule has 1 aromatic carbocycles. The van der Waals surface area contributed by atoms with Crippen molar-refractivity contribution in [2.45, 2.75) is 6.42 Å². The van der Waals surface area contributed by atoms with E-state index < -0.39 is 0 Å². The summed E-state index contributed by atoms with van der Waals surface area (Å²) < 4.78 is 12.6. The first-order chi connectivity index (χ1) is 7.24. The van der Waals surface area contributed by atoms with Gasteiger partial charge < -0.3 is 0 Å². The lowest BCUT2D eigenvalue weighted by molar-refractivity contribution is 0.627. The van der Waals surface area contributed by atoms with Gasteiger partial charge in [-0.05, 0) is 34.9 Å². The third-order valence-corrected chi connectivity index (χ3v) is 2.19. The van der Waals surface area contributed by atoms with Gasteiger partial charge in [0.15, 0.2) is 0 Å². The average molecular weight is 223 g/mol. The van der Waals surface area contributed by atoms with Crippen LogP contribution in [-0.2, 0) is 6.42 Å². The molecule has 0 spiro atoms. The fourth-order valence-electron chi connectivity index (χ4n) is 1.27. The number of rotatable bonds is 2. The van der Waals surface area contributed by atoms with E-state index in [4.69, 9.17) is 11.6 Å². The van der Waals surface area contributed by atoms with Gasteiger partial charge in [0, 0.05) is 18.8 Å². The Morgan fingerprint density at radius 3 is 2.20 bits per heavy atom. The highest BCUT2D eigenvalue weighted by Crippen LogP contribution is 2.09. The Labute approximate surface area is 91.8 Å². The Bertz CT molecular complexity index is 396. The summed E-state index contributed by atoms with van der Waals surface area (Å²) in [6.07, 6.45) is 4.01. The van der Waals surface area contributed by atoms with E-state index in [-0.39, 0.29) is 11.1 Å². The Balaban J connectivity index is 2.15. The van der Waals surface area contributed by atoms with Gasteiger partial charge in [0.25, 0.3) is 0 Å². The van der Waals surface area contributed by atoms with Crippen LogP contribution in [0, 0.1) is 5.82 Å². The molecule has 0 atom stereocenters. The monoisotopic (exact) mass is 222 g/mol. The summed E-state index contributed by atoms with van der Waals surface area (Å²) in [7, 11) is 0. The first kappa shape index (κ1) is 10.1. The predicted molar refractivity (Wildman–Crippen MR) is 56.2 cm³/mol. The molecule has 0 saturated carbocycles. The van der Waals surface area contributed by atoms with Gasteiger partial charge in [-0.15, -0.1) is 0 Å².